The number of sulfonamides is 1. The van der Waals surface area contributed by atoms with Crippen molar-refractivity contribution in [1.82, 2.24) is 9.62 Å². The summed E-state index contributed by atoms with van der Waals surface area (Å²) in [5.74, 6) is 0.184. The minimum atomic E-state index is -3.23. The van der Waals surface area contributed by atoms with Gasteiger partial charge in [0.15, 0.2) is 0 Å². The lowest BCUT2D eigenvalue weighted by atomic mass is 10.1. The molecule has 2 rings (SSSR count). The molecule has 2 heterocycles. The molecule has 2 saturated heterocycles. The van der Waals surface area contributed by atoms with E-state index >= 15 is 0 Å². The molecule has 0 amide bonds. The average molecular weight is 276 g/mol. The molecule has 0 aromatic heterocycles. The van der Waals surface area contributed by atoms with Gasteiger partial charge in [-0.15, -0.1) is 0 Å². The molecular weight excluding hydrogens is 252 g/mol. The summed E-state index contributed by atoms with van der Waals surface area (Å²) >= 11 is 0. The van der Waals surface area contributed by atoms with Crippen LogP contribution in [0, 0.1) is 0 Å². The third-order valence-corrected chi connectivity index (χ3v) is 5.98. The molecule has 2 unspecified atom stereocenters. The van der Waals surface area contributed by atoms with Gasteiger partial charge in [-0.05, 0) is 32.2 Å². The zero-order valence-electron chi connectivity index (χ0n) is 10.8. The highest BCUT2D eigenvalue weighted by Gasteiger charge is 2.33. The van der Waals surface area contributed by atoms with E-state index in [0.29, 0.717) is 6.54 Å². The fourth-order valence-corrected chi connectivity index (χ4v) is 4.96. The number of nitrogens with zero attached hydrogens (tertiary/aromatic N) is 1. The summed E-state index contributed by atoms with van der Waals surface area (Å²) in [6.45, 7) is 1.43. The number of hydrogen-bond donors (Lipinski definition) is 2. The Hall–Kier alpha value is -0.170. The molecule has 0 spiro atoms. The van der Waals surface area contributed by atoms with E-state index in [1.165, 1.54) is 4.31 Å². The Morgan fingerprint density at radius 1 is 1.17 bits per heavy atom. The van der Waals surface area contributed by atoms with Crippen molar-refractivity contribution >= 4 is 10.0 Å². The minimum absolute atomic E-state index is 0.0582. The van der Waals surface area contributed by atoms with Crippen LogP contribution in [0.15, 0.2) is 0 Å². The number of nitrogens with one attached hydrogen (secondary N) is 1. The van der Waals surface area contributed by atoms with Crippen LogP contribution in [0.5, 0.6) is 0 Å². The summed E-state index contributed by atoms with van der Waals surface area (Å²) in [4.78, 5) is 0. The second-order valence-corrected chi connectivity index (χ2v) is 7.33. The van der Waals surface area contributed by atoms with E-state index < -0.39 is 10.0 Å². The number of hydrogen-bond acceptors (Lipinski definition) is 4. The van der Waals surface area contributed by atoms with Crippen LogP contribution in [-0.4, -0.2) is 55.4 Å². The lowest BCUT2D eigenvalue weighted by Crippen LogP contribution is -2.50. The summed E-state index contributed by atoms with van der Waals surface area (Å²) < 4.78 is 26.3. The van der Waals surface area contributed by atoms with E-state index in [9.17, 15) is 13.5 Å². The number of aliphatic hydroxyl groups is 1. The topological polar surface area (TPSA) is 69.6 Å². The fourth-order valence-electron chi connectivity index (χ4n) is 2.94. The van der Waals surface area contributed by atoms with Gasteiger partial charge < -0.3 is 10.4 Å². The summed E-state index contributed by atoms with van der Waals surface area (Å²) in [5, 5.41) is 12.6. The van der Waals surface area contributed by atoms with Gasteiger partial charge in [0, 0.05) is 18.6 Å². The second-order valence-electron chi connectivity index (χ2n) is 5.37. The number of aliphatic hydroxyl groups excluding tert-OH is 1. The highest BCUT2D eigenvalue weighted by molar-refractivity contribution is 7.89. The average Bonchev–Trinajstić information content (AvgIpc) is 2.39. The Balaban J connectivity index is 1.99. The highest BCUT2D eigenvalue weighted by Crippen LogP contribution is 2.22. The molecule has 0 bridgehead atoms. The van der Waals surface area contributed by atoms with Crippen LogP contribution in [0.4, 0.5) is 0 Å². The minimum Gasteiger partial charge on any atom is -0.395 e. The Bertz CT molecular complexity index is 352. The molecule has 2 aliphatic heterocycles. The molecule has 5 nitrogen and oxygen atoms in total. The van der Waals surface area contributed by atoms with Gasteiger partial charge in [-0.3, -0.25) is 0 Å². The van der Waals surface area contributed by atoms with E-state index in [1.807, 2.05) is 0 Å². The third kappa shape index (κ3) is 3.44. The van der Waals surface area contributed by atoms with E-state index in [1.54, 1.807) is 0 Å². The normalized spacial score (nSPS) is 31.4. The van der Waals surface area contributed by atoms with Crippen molar-refractivity contribution in [3.8, 4) is 0 Å². The molecule has 18 heavy (non-hydrogen) atoms. The molecule has 0 saturated carbocycles. The van der Waals surface area contributed by atoms with Crippen LogP contribution in [0.3, 0.4) is 0 Å². The summed E-state index contributed by atoms with van der Waals surface area (Å²) in [6.07, 6.45) is 5.90. The van der Waals surface area contributed by atoms with Gasteiger partial charge >= 0.3 is 0 Å². The SMILES string of the molecule is O=S(=O)(CC1CCCCN1)N1CCCCC1CO. The van der Waals surface area contributed by atoms with Crippen molar-refractivity contribution in [2.75, 3.05) is 25.4 Å². The van der Waals surface area contributed by atoms with Gasteiger partial charge in [0.1, 0.15) is 0 Å². The van der Waals surface area contributed by atoms with Crippen LogP contribution >= 0.6 is 0 Å². The maximum atomic E-state index is 12.4. The molecule has 2 fully saturated rings. The Morgan fingerprint density at radius 3 is 2.61 bits per heavy atom. The zero-order valence-corrected chi connectivity index (χ0v) is 11.7. The standard InChI is InChI=1S/C12H24N2O3S/c15-9-12-6-2-4-8-14(12)18(16,17)10-11-5-1-3-7-13-11/h11-13,15H,1-10H2. The summed E-state index contributed by atoms with van der Waals surface area (Å²) in [5.41, 5.74) is 0. The molecule has 106 valence electrons. The van der Waals surface area contributed by atoms with Crippen LogP contribution in [0.25, 0.3) is 0 Å². The summed E-state index contributed by atoms with van der Waals surface area (Å²) in [6, 6.07) is -0.114. The molecular formula is C12H24N2O3S. The quantitative estimate of drug-likeness (QED) is 0.775. The van der Waals surface area contributed by atoms with Gasteiger partial charge in [0.25, 0.3) is 0 Å². The van der Waals surface area contributed by atoms with E-state index in [2.05, 4.69) is 5.32 Å². The Morgan fingerprint density at radius 2 is 1.94 bits per heavy atom. The summed E-state index contributed by atoms with van der Waals surface area (Å²) in [7, 11) is -3.23. The Kier molecular flexibility index (Phi) is 5.00. The van der Waals surface area contributed by atoms with Crippen LogP contribution < -0.4 is 5.32 Å². The molecule has 2 aliphatic rings. The van der Waals surface area contributed by atoms with Gasteiger partial charge in [0.2, 0.25) is 10.0 Å². The zero-order chi connectivity index (χ0) is 13.0. The highest BCUT2D eigenvalue weighted by atomic mass is 32.2. The smallest absolute Gasteiger partial charge is 0.215 e. The third-order valence-electron chi connectivity index (χ3n) is 3.97. The first-order valence-electron chi connectivity index (χ1n) is 6.97. The molecule has 2 atom stereocenters. The second kappa shape index (κ2) is 6.32. The van der Waals surface area contributed by atoms with Crippen molar-refractivity contribution in [2.45, 2.75) is 50.6 Å². The van der Waals surface area contributed by atoms with Crippen molar-refractivity contribution in [3.05, 3.63) is 0 Å². The molecule has 0 aromatic carbocycles. The van der Waals surface area contributed by atoms with Crippen LogP contribution in [0.1, 0.15) is 38.5 Å². The van der Waals surface area contributed by atoms with Crippen LogP contribution in [0.2, 0.25) is 0 Å². The Labute approximate surface area is 110 Å². The van der Waals surface area contributed by atoms with Gasteiger partial charge in [0.05, 0.1) is 12.4 Å². The van der Waals surface area contributed by atoms with E-state index in [0.717, 1.165) is 45.1 Å². The van der Waals surface area contributed by atoms with Gasteiger partial charge in [-0.2, -0.15) is 4.31 Å². The van der Waals surface area contributed by atoms with Crippen molar-refractivity contribution in [2.24, 2.45) is 0 Å². The maximum Gasteiger partial charge on any atom is 0.215 e. The first kappa shape index (κ1) is 14.2. The van der Waals surface area contributed by atoms with E-state index in [4.69, 9.17) is 0 Å². The molecule has 0 aromatic rings. The van der Waals surface area contributed by atoms with Crippen molar-refractivity contribution < 1.29 is 13.5 Å². The molecule has 0 aliphatic carbocycles. The molecule has 0 radical (unpaired) electrons. The van der Waals surface area contributed by atoms with Crippen molar-refractivity contribution in [3.63, 3.8) is 0 Å². The molecule has 6 heteroatoms. The monoisotopic (exact) mass is 276 g/mol. The van der Waals surface area contributed by atoms with Crippen LogP contribution in [-0.2, 0) is 10.0 Å². The largest absolute Gasteiger partial charge is 0.395 e. The predicted octanol–water partition coefficient (Wildman–Crippen LogP) is 0.305. The first-order valence-corrected chi connectivity index (χ1v) is 8.58. The van der Waals surface area contributed by atoms with E-state index in [-0.39, 0.29) is 24.4 Å². The van der Waals surface area contributed by atoms with Gasteiger partial charge in [-0.1, -0.05) is 12.8 Å². The number of rotatable bonds is 4. The lowest BCUT2D eigenvalue weighted by Gasteiger charge is -2.35. The predicted molar refractivity (Wildman–Crippen MR) is 70.9 cm³/mol. The molecule has 2 N–H and O–H groups in total. The fraction of sp³-hybridized carbons (Fsp3) is 1.00. The lowest BCUT2D eigenvalue weighted by molar-refractivity contribution is 0.154. The van der Waals surface area contributed by atoms with Crippen molar-refractivity contribution in [1.29, 1.82) is 0 Å². The number of piperidine rings is 2. The van der Waals surface area contributed by atoms with Gasteiger partial charge in [-0.25, -0.2) is 8.42 Å². The maximum absolute atomic E-state index is 12.4. The first-order chi connectivity index (χ1) is 8.63.